The summed E-state index contributed by atoms with van der Waals surface area (Å²) in [6.45, 7) is 4.30. The quantitative estimate of drug-likeness (QED) is 0.788. The number of amides is 1. The molecule has 1 amide bonds. The highest BCUT2D eigenvalue weighted by molar-refractivity contribution is 7.09. The Morgan fingerprint density at radius 2 is 2.40 bits per heavy atom. The molecular formula is C18H23N3O3S. The van der Waals surface area contributed by atoms with Crippen molar-refractivity contribution in [2.75, 3.05) is 19.8 Å². The molecule has 7 heteroatoms. The Balaban J connectivity index is 1.64. The average molecular weight is 361 g/mol. The van der Waals surface area contributed by atoms with Gasteiger partial charge in [0.05, 0.1) is 18.2 Å². The van der Waals surface area contributed by atoms with Crippen molar-refractivity contribution in [3.05, 3.63) is 45.4 Å². The summed E-state index contributed by atoms with van der Waals surface area (Å²) in [5, 5.41) is 5.57. The van der Waals surface area contributed by atoms with Crippen LogP contribution in [0.25, 0.3) is 0 Å². The Kier molecular flexibility index (Phi) is 6.01. The van der Waals surface area contributed by atoms with Crippen molar-refractivity contribution in [2.24, 2.45) is 5.73 Å². The minimum Gasteiger partial charge on any atom is -0.488 e. The normalized spacial score (nSPS) is 16.8. The van der Waals surface area contributed by atoms with E-state index in [4.69, 9.17) is 15.2 Å². The Labute approximate surface area is 151 Å². The van der Waals surface area contributed by atoms with Crippen molar-refractivity contribution >= 4 is 17.2 Å². The highest BCUT2D eigenvalue weighted by Crippen LogP contribution is 2.24. The van der Waals surface area contributed by atoms with Gasteiger partial charge in [-0.15, -0.1) is 11.3 Å². The summed E-state index contributed by atoms with van der Waals surface area (Å²) >= 11 is 1.46. The van der Waals surface area contributed by atoms with Crippen LogP contribution in [0.1, 0.15) is 33.0 Å². The van der Waals surface area contributed by atoms with Crippen LogP contribution in [0.5, 0.6) is 5.75 Å². The smallest absolute Gasteiger partial charge is 0.271 e. The Morgan fingerprint density at radius 1 is 1.52 bits per heavy atom. The molecule has 0 bridgehead atoms. The summed E-state index contributed by atoms with van der Waals surface area (Å²) in [5.74, 6) is 0.619. The maximum Gasteiger partial charge on any atom is 0.271 e. The van der Waals surface area contributed by atoms with Gasteiger partial charge in [-0.3, -0.25) is 4.79 Å². The number of nitrogens with two attached hydrogens (primary N) is 1. The van der Waals surface area contributed by atoms with Gasteiger partial charge in [0.2, 0.25) is 0 Å². The van der Waals surface area contributed by atoms with Gasteiger partial charge in [0.25, 0.3) is 5.91 Å². The summed E-state index contributed by atoms with van der Waals surface area (Å²) < 4.78 is 11.4. The third-order valence-corrected chi connectivity index (χ3v) is 4.89. The first-order chi connectivity index (χ1) is 12.2. The SMILES string of the molecule is Cc1ccc(CNC(=O)c2csc(CCN)n2)c(OC2CCOC2)c1. The molecule has 0 spiro atoms. The number of hydrogen-bond donors (Lipinski definition) is 2. The predicted octanol–water partition coefficient (Wildman–Crippen LogP) is 2.05. The predicted molar refractivity (Wildman–Crippen MR) is 97.1 cm³/mol. The van der Waals surface area contributed by atoms with Crippen molar-refractivity contribution in [1.82, 2.24) is 10.3 Å². The maximum absolute atomic E-state index is 12.3. The standard InChI is InChI=1S/C18H23N3O3S/c1-12-2-3-13(16(8-12)24-14-5-7-23-10-14)9-20-18(22)15-11-25-17(21-15)4-6-19/h2-3,8,11,14H,4-7,9-10,19H2,1H3,(H,20,22). The van der Waals surface area contributed by atoms with Crippen molar-refractivity contribution in [1.29, 1.82) is 0 Å². The monoisotopic (exact) mass is 361 g/mol. The number of benzene rings is 1. The molecule has 0 radical (unpaired) electrons. The first-order valence-electron chi connectivity index (χ1n) is 8.42. The van der Waals surface area contributed by atoms with Crippen LogP contribution in [0.3, 0.4) is 0 Å². The molecule has 134 valence electrons. The molecule has 0 aliphatic carbocycles. The first kappa shape index (κ1) is 17.8. The second kappa shape index (κ2) is 8.42. The van der Waals surface area contributed by atoms with Gasteiger partial charge in [-0.1, -0.05) is 12.1 Å². The van der Waals surface area contributed by atoms with E-state index in [2.05, 4.69) is 10.3 Å². The van der Waals surface area contributed by atoms with E-state index in [1.807, 2.05) is 25.1 Å². The number of nitrogens with zero attached hydrogens (tertiary/aromatic N) is 1. The molecule has 1 saturated heterocycles. The van der Waals surface area contributed by atoms with E-state index in [1.165, 1.54) is 11.3 Å². The Hall–Kier alpha value is -1.96. The number of rotatable bonds is 7. The lowest BCUT2D eigenvalue weighted by Crippen LogP contribution is -2.24. The zero-order valence-electron chi connectivity index (χ0n) is 14.3. The van der Waals surface area contributed by atoms with E-state index in [9.17, 15) is 4.79 Å². The number of nitrogens with one attached hydrogen (secondary N) is 1. The molecule has 1 aliphatic rings. The molecule has 1 atom stereocenters. The molecule has 1 fully saturated rings. The lowest BCUT2D eigenvalue weighted by molar-refractivity contribution is 0.0945. The van der Waals surface area contributed by atoms with Gasteiger partial charge in [0, 0.05) is 30.3 Å². The van der Waals surface area contributed by atoms with Gasteiger partial charge >= 0.3 is 0 Å². The summed E-state index contributed by atoms with van der Waals surface area (Å²) in [7, 11) is 0. The fourth-order valence-corrected chi connectivity index (χ4v) is 3.42. The summed E-state index contributed by atoms with van der Waals surface area (Å²) in [6.07, 6.45) is 1.66. The van der Waals surface area contributed by atoms with Crippen LogP contribution in [-0.4, -0.2) is 36.8 Å². The largest absolute Gasteiger partial charge is 0.488 e. The molecule has 1 aromatic heterocycles. The number of ether oxygens (including phenoxy) is 2. The number of carbonyl (C=O) groups is 1. The number of aromatic nitrogens is 1. The fourth-order valence-electron chi connectivity index (χ4n) is 2.62. The molecule has 3 rings (SSSR count). The minimum absolute atomic E-state index is 0.0774. The second-order valence-electron chi connectivity index (χ2n) is 6.06. The third-order valence-electron chi connectivity index (χ3n) is 3.99. The lowest BCUT2D eigenvalue weighted by atomic mass is 10.1. The molecule has 1 aliphatic heterocycles. The number of hydrogen-bond acceptors (Lipinski definition) is 6. The van der Waals surface area contributed by atoms with E-state index >= 15 is 0 Å². The van der Waals surface area contributed by atoms with E-state index in [0.717, 1.165) is 34.9 Å². The highest BCUT2D eigenvalue weighted by Gasteiger charge is 2.19. The van der Waals surface area contributed by atoms with Crippen LogP contribution in [0, 0.1) is 6.92 Å². The van der Waals surface area contributed by atoms with E-state index in [0.29, 0.717) is 31.8 Å². The van der Waals surface area contributed by atoms with E-state index < -0.39 is 0 Å². The third kappa shape index (κ3) is 4.78. The minimum atomic E-state index is -0.185. The molecule has 1 aromatic carbocycles. The van der Waals surface area contributed by atoms with Crippen LogP contribution in [0.15, 0.2) is 23.6 Å². The van der Waals surface area contributed by atoms with E-state index in [1.54, 1.807) is 5.38 Å². The zero-order chi connectivity index (χ0) is 17.6. The van der Waals surface area contributed by atoms with Crippen LogP contribution in [-0.2, 0) is 17.7 Å². The topological polar surface area (TPSA) is 86.5 Å². The van der Waals surface area contributed by atoms with Crippen molar-refractivity contribution < 1.29 is 14.3 Å². The van der Waals surface area contributed by atoms with Crippen LogP contribution in [0.4, 0.5) is 0 Å². The summed E-state index contributed by atoms with van der Waals surface area (Å²) in [5.41, 5.74) is 8.02. The van der Waals surface area contributed by atoms with Gasteiger partial charge in [-0.05, 0) is 25.1 Å². The van der Waals surface area contributed by atoms with Gasteiger partial charge in [0.15, 0.2) is 0 Å². The molecule has 2 aromatic rings. The van der Waals surface area contributed by atoms with Gasteiger partial charge in [0.1, 0.15) is 17.5 Å². The first-order valence-corrected chi connectivity index (χ1v) is 9.30. The van der Waals surface area contributed by atoms with E-state index in [-0.39, 0.29) is 12.0 Å². The molecule has 1 unspecified atom stereocenters. The maximum atomic E-state index is 12.3. The second-order valence-corrected chi connectivity index (χ2v) is 7.01. The van der Waals surface area contributed by atoms with Crippen molar-refractivity contribution in [3.8, 4) is 5.75 Å². The number of aryl methyl sites for hydroxylation is 1. The molecule has 2 heterocycles. The lowest BCUT2D eigenvalue weighted by Gasteiger charge is -2.16. The highest BCUT2D eigenvalue weighted by atomic mass is 32.1. The van der Waals surface area contributed by atoms with Crippen molar-refractivity contribution in [2.45, 2.75) is 32.4 Å². The van der Waals surface area contributed by atoms with Crippen molar-refractivity contribution in [3.63, 3.8) is 0 Å². The molecular weight excluding hydrogens is 338 g/mol. The van der Waals surface area contributed by atoms with Crippen LogP contribution >= 0.6 is 11.3 Å². The fraction of sp³-hybridized carbons (Fsp3) is 0.444. The summed E-state index contributed by atoms with van der Waals surface area (Å²) in [6, 6.07) is 6.01. The van der Waals surface area contributed by atoms with Gasteiger partial charge in [-0.25, -0.2) is 4.98 Å². The van der Waals surface area contributed by atoms with Gasteiger partial charge in [-0.2, -0.15) is 0 Å². The van der Waals surface area contributed by atoms with Crippen LogP contribution < -0.4 is 15.8 Å². The van der Waals surface area contributed by atoms with Crippen LogP contribution in [0.2, 0.25) is 0 Å². The zero-order valence-corrected chi connectivity index (χ0v) is 15.1. The number of carbonyl (C=O) groups excluding carboxylic acids is 1. The summed E-state index contributed by atoms with van der Waals surface area (Å²) in [4.78, 5) is 16.6. The molecule has 3 N–H and O–H groups in total. The molecule has 6 nitrogen and oxygen atoms in total. The number of thiazole rings is 1. The molecule has 25 heavy (non-hydrogen) atoms. The Bertz CT molecular complexity index is 726. The molecule has 0 saturated carbocycles. The Morgan fingerprint density at radius 3 is 3.16 bits per heavy atom. The average Bonchev–Trinajstić information content (AvgIpc) is 3.26. The van der Waals surface area contributed by atoms with Gasteiger partial charge < -0.3 is 20.5 Å².